The molecule has 0 saturated heterocycles. The second-order valence-electron chi connectivity index (χ2n) is 4.48. The summed E-state index contributed by atoms with van der Waals surface area (Å²) in [6.07, 6.45) is 2.70. The van der Waals surface area contributed by atoms with Crippen molar-refractivity contribution in [1.82, 2.24) is 24.5 Å². The number of nitrogens with zero attached hydrogens (tertiary/aromatic N) is 6. The summed E-state index contributed by atoms with van der Waals surface area (Å²) < 4.78 is 3.60. The van der Waals surface area contributed by atoms with E-state index in [1.54, 1.807) is 25.0 Å². The molecule has 0 N–H and O–H groups in total. The number of nitro groups is 1. The SMILES string of the molecule is CN(Cc1c(Br)cnn1C)C(=O)c1c([N+](=O)[O-])cnn1C. The highest BCUT2D eigenvalue weighted by atomic mass is 79.9. The van der Waals surface area contributed by atoms with Gasteiger partial charge in [0, 0.05) is 21.1 Å². The monoisotopic (exact) mass is 356 g/mol. The van der Waals surface area contributed by atoms with Gasteiger partial charge in [0.05, 0.1) is 27.8 Å². The molecule has 2 aromatic rings. The van der Waals surface area contributed by atoms with Crippen LogP contribution in [0.2, 0.25) is 0 Å². The van der Waals surface area contributed by atoms with Gasteiger partial charge in [0.2, 0.25) is 5.69 Å². The molecular weight excluding hydrogens is 344 g/mol. The topological polar surface area (TPSA) is 99.1 Å². The average Bonchev–Trinajstić information content (AvgIpc) is 2.95. The number of amides is 1. The van der Waals surface area contributed by atoms with Crippen LogP contribution in [0.3, 0.4) is 0 Å². The summed E-state index contributed by atoms with van der Waals surface area (Å²) in [7, 11) is 4.82. The number of rotatable bonds is 4. The Balaban J connectivity index is 2.28. The Hall–Kier alpha value is -2.23. The van der Waals surface area contributed by atoms with Crippen LogP contribution < -0.4 is 0 Å². The molecule has 10 heteroatoms. The number of carbonyl (C=O) groups excluding carboxylic acids is 1. The highest BCUT2D eigenvalue weighted by Gasteiger charge is 2.28. The van der Waals surface area contributed by atoms with Crippen LogP contribution in [0.25, 0.3) is 0 Å². The van der Waals surface area contributed by atoms with Crippen LogP contribution in [-0.2, 0) is 20.6 Å². The van der Waals surface area contributed by atoms with Crippen molar-refractivity contribution in [1.29, 1.82) is 0 Å². The molecule has 0 aliphatic heterocycles. The predicted octanol–water partition coefficient (Wildman–Crippen LogP) is 1.10. The van der Waals surface area contributed by atoms with E-state index in [9.17, 15) is 14.9 Å². The van der Waals surface area contributed by atoms with Gasteiger partial charge in [0.25, 0.3) is 5.91 Å². The molecule has 2 aromatic heterocycles. The molecule has 0 unspecified atom stereocenters. The zero-order valence-corrected chi connectivity index (χ0v) is 13.2. The number of halogens is 1. The van der Waals surface area contributed by atoms with Gasteiger partial charge in [-0.15, -0.1) is 0 Å². The molecule has 112 valence electrons. The van der Waals surface area contributed by atoms with Gasteiger partial charge < -0.3 is 4.90 Å². The van der Waals surface area contributed by atoms with E-state index >= 15 is 0 Å². The molecule has 0 radical (unpaired) electrons. The first-order valence-corrected chi connectivity index (χ1v) is 6.70. The molecule has 0 bridgehead atoms. The Labute approximate surface area is 128 Å². The van der Waals surface area contributed by atoms with Gasteiger partial charge in [-0.05, 0) is 15.9 Å². The summed E-state index contributed by atoms with van der Waals surface area (Å²) in [5.41, 5.74) is 0.426. The Kier molecular flexibility index (Phi) is 4.07. The second-order valence-corrected chi connectivity index (χ2v) is 5.34. The highest BCUT2D eigenvalue weighted by molar-refractivity contribution is 9.10. The van der Waals surface area contributed by atoms with Crippen LogP contribution in [0.4, 0.5) is 5.69 Å². The van der Waals surface area contributed by atoms with E-state index < -0.39 is 10.8 Å². The van der Waals surface area contributed by atoms with E-state index in [0.29, 0.717) is 0 Å². The predicted molar refractivity (Wildman–Crippen MR) is 76.6 cm³/mol. The van der Waals surface area contributed by atoms with E-state index in [1.165, 1.54) is 16.6 Å². The zero-order valence-electron chi connectivity index (χ0n) is 11.6. The second kappa shape index (κ2) is 5.64. The maximum Gasteiger partial charge on any atom is 0.320 e. The van der Waals surface area contributed by atoms with E-state index in [0.717, 1.165) is 16.4 Å². The van der Waals surface area contributed by atoms with E-state index in [2.05, 4.69) is 26.1 Å². The van der Waals surface area contributed by atoms with Crippen molar-refractivity contribution < 1.29 is 9.72 Å². The molecular formula is C11H13BrN6O3. The largest absolute Gasteiger partial charge is 0.334 e. The van der Waals surface area contributed by atoms with Crippen LogP contribution in [0.5, 0.6) is 0 Å². The number of hydrogen-bond donors (Lipinski definition) is 0. The number of hydrogen-bond acceptors (Lipinski definition) is 5. The normalized spacial score (nSPS) is 10.7. The lowest BCUT2D eigenvalue weighted by Gasteiger charge is -2.17. The lowest BCUT2D eigenvalue weighted by atomic mass is 10.3. The zero-order chi connectivity index (χ0) is 15.7. The minimum atomic E-state index is -0.617. The van der Waals surface area contributed by atoms with Crippen molar-refractivity contribution >= 4 is 27.5 Å². The first-order chi connectivity index (χ1) is 9.82. The molecule has 0 aliphatic rings. The van der Waals surface area contributed by atoms with E-state index in [4.69, 9.17) is 0 Å². The molecule has 0 atom stereocenters. The standard InChI is InChI=1S/C11H13BrN6O3/c1-15(6-9-7(12)4-13-16(9)2)11(19)10-8(18(20)21)5-14-17(10)3/h4-5H,6H2,1-3H3. The maximum atomic E-state index is 12.4. The third kappa shape index (κ3) is 2.79. The Morgan fingerprint density at radius 1 is 1.38 bits per heavy atom. The van der Waals surface area contributed by atoms with Crippen molar-refractivity contribution in [3.05, 3.63) is 38.4 Å². The minimum absolute atomic E-state index is 0.0548. The van der Waals surface area contributed by atoms with Crippen LogP contribution in [0, 0.1) is 10.1 Å². The number of aryl methyl sites for hydroxylation is 2. The van der Waals surface area contributed by atoms with Crippen molar-refractivity contribution in [3.63, 3.8) is 0 Å². The number of aromatic nitrogens is 4. The quantitative estimate of drug-likeness (QED) is 0.603. The van der Waals surface area contributed by atoms with Crippen LogP contribution >= 0.6 is 15.9 Å². The fraction of sp³-hybridized carbons (Fsp3) is 0.364. The van der Waals surface area contributed by atoms with Gasteiger partial charge in [-0.25, -0.2) is 0 Å². The van der Waals surface area contributed by atoms with Gasteiger partial charge in [-0.2, -0.15) is 10.2 Å². The molecule has 0 aromatic carbocycles. The van der Waals surface area contributed by atoms with Crippen LogP contribution in [0.1, 0.15) is 16.2 Å². The smallest absolute Gasteiger partial charge is 0.320 e. The van der Waals surface area contributed by atoms with Crippen LogP contribution in [0.15, 0.2) is 16.9 Å². The fourth-order valence-electron chi connectivity index (χ4n) is 1.90. The summed E-state index contributed by atoms with van der Waals surface area (Å²) in [5, 5.41) is 18.8. The number of carbonyl (C=O) groups is 1. The Morgan fingerprint density at radius 2 is 2.00 bits per heavy atom. The van der Waals surface area contributed by atoms with Gasteiger partial charge in [-0.3, -0.25) is 24.3 Å². The first-order valence-electron chi connectivity index (χ1n) is 5.91. The minimum Gasteiger partial charge on any atom is -0.334 e. The third-order valence-electron chi connectivity index (χ3n) is 3.06. The molecule has 2 heterocycles. The maximum absolute atomic E-state index is 12.4. The highest BCUT2D eigenvalue weighted by Crippen LogP contribution is 2.21. The third-order valence-corrected chi connectivity index (χ3v) is 3.73. The van der Waals surface area contributed by atoms with E-state index in [-0.39, 0.29) is 17.9 Å². The summed E-state index contributed by atoms with van der Waals surface area (Å²) in [4.78, 5) is 24.1. The van der Waals surface area contributed by atoms with Crippen molar-refractivity contribution in [2.75, 3.05) is 7.05 Å². The Morgan fingerprint density at radius 3 is 2.52 bits per heavy atom. The first kappa shape index (κ1) is 15.2. The molecule has 9 nitrogen and oxygen atoms in total. The fourth-order valence-corrected chi connectivity index (χ4v) is 2.37. The molecule has 0 aliphatic carbocycles. The van der Waals surface area contributed by atoms with Gasteiger partial charge >= 0.3 is 5.69 Å². The van der Waals surface area contributed by atoms with Crippen molar-refractivity contribution in [2.45, 2.75) is 6.54 Å². The van der Waals surface area contributed by atoms with Crippen molar-refractivity contribution in [3.8, 4) is 0 Å². The molecule has 0 spiro atoms. The van der Waals surface area contributed by atoms with E-state index in [1.807, 2.05) is 0 Å². The average molecular weight is 357 g/mol. The molecule has 2 rings (SSSR count). The summed E-state index contributed by atoms with van der Waals surface area (Å²) >= 11 is 3.35. The molecule has 0 fully saturated rings. The molecule has 21 heavy (non-hydrogen) atoms. The summed E-state index contributed by atoms with van der Waals surface area (Å²) in [6.45, 7) is 0.262. The lowest BCUT2D eigenvalue weighted by molar-refractivity contribution is -0.385. The van der Waals surface area contributed by atoms with Crippen molar-refractivity contribution in [2.24, 2.45) is 14.1 Å². The summed E-state index contributed by atoms with van der Waals surface area (Å²) in [5.74, 6) is -0.477. The lowest BCUT2D eigenvalue weighted by Crippen LogP contribution is -2.29. The van der Waals surface area contributed by atoms with Gasteiger partial charge in [-0.1, -0.05) is 0 Å². The molecule has 1 amide bonds. The summed E-state index contributed by atoms with van der Waals surface area (Å²) in [6, 6.07) is 0. The molecule has 0 saturated carbocycles. The van der Waals surface area contributed by atoms with Crippen LogP contribution in [-0.4, -0.2) is 42.3 Å². The Bertz CT molecular complexity index is 687. The van der Waals surface area contributed by atoms with Gasteiger partial charge in [0.1, 0.15) is 6.20 Å². The van der Waals surface area contributed by atoms with Gasteiger partial charge in [0.15, 0.2) is 0 Å².